The number of amides is 2. The molecule has 6 heteroatoms. The van der Waals surface area contributed by atoms with Gasteiger partial charge in [0.1, 0.15) is 6.61 Å². The Morgan fingerprint density at radius 2 is 2.00 bits per heavy atom. The molecule has 19 heavy (non-hydrogen) atoms. The summed E-state index contributed by atoms with van der Waals surface area (Å²) in [5.41, 5.74) is 0.778. The van der Waals surface area contributed by atoms with Crippen molar-refractivity contribution in [1.82, 2.24) is 4.90 Å². The van der Waals surface area contributed by atoms with Gasteiger partial charge in [-0.05, 0) is 12.5 Å². The van der Waals surface area contributed by atoms with Gasteiger partial charge >= 0.3 is 6.09 Å². The van der Waals surface area contributed by atoms with Crippen LogP contribution in [0.25, 0.3) is 0 Å². The van der Waals surface area contributed by atoms with Gasteiger partial charge < -0.3 is 9.47 Å². The predicted molar refractivity (Wildman–Crippen MR) is 66.0 cm³/mol. The van der Waals surface area contributed by atoms with Crippen molar-refractivity contribution < 1.29 is 23.9 Å². The van der Waals surface area contributed by atoms with Crippen molar-refractivity contribution in [2.24, 2.45) is 0 Å². The largest absolute Gasteiger partial charge is 0.444 e. The zero-order chi connectivity index (χ0) is 14.1. The van der Waals surface area contributed by atoms with Gasteiger partial charge in [-0.3, -0.25) is 9.59 Å². The molecular formula is C13H15NO5. The molecule has 0 aromatic heterocycles. The van der Waals surface area contributed by atoms with E-state index < -0.39 is 12.3 Å². The van der Waals surface area contributed by atoms with Gasteiger partial charge in [-0.15, -0.1) is 0 Å². The lowest BCUT2D eigenvalue weighted by molar-refractivity contribution is -0.139. The zero-order valence-corrected chi connectivity index (χ0v) is 10.5. The van der Waals surface area contributed by atoms with Crippen LogP contribution in [0.2, 0.25) is 0 Å². The smallest absolute Gasteiger partial charge is 0.419 e. The first-order valence-electron chi connectivity index (χ1n) is 5.74. The second-order valence-electron chi connectivity index (χ2n) is 3.53. The average molecular weight is 265 g/mol. The summed E-state index contributed by atoms with van der Waals surface area (Å²) in [4.78, 5) is 33.8. The Labute approximate surface area is 110 Å². The third-order valence-electron chi connectivity index (χ3n) is 2.26. The van der Waals surface area contributed by atoms with Crippen LogP contribution in [0, 0.1) is 0 Å². The van der Waals surface area contributed by atoms with Crippen LogP contribution in [0.3, 0.4) is 0 Å². The number of hydrogen-bond acceptors (Lipinski definition) is 5. The average Bonchev–Trinajstić information content (AvgIpc) is 2.46. The van der Waals surface area contributed by atoms with Crippen LogP contribution in [0.1, 0.15) is 12.5 Å². The number of imide groups is 1. The molecular weight excluding hydrogens is 250 g/mol. The van der Waals surface area contributed by atoms with E-state index in [1.54, 1.807) is 31.2 Å². The molecule has 0 aliphatic heterocycles. The SMILES string of the molecule is CCOC(C=O)N(C=O)C(=O)OCc1ccccc1. The molecule has 0 saturated heterocycles. The van der Waals surface area contributed by atoms with Crippen LogP contribution in [-0.4, -0.2) is 36.5 Å². The summed E-state index contributed by atoms with van der Waals surface area (Å²) in [6.45, 7) is 1.86. The third-order valence-corrected chi connectivity index (χ3v) is 2.26. The second kappa shape index (κ2) is 7.99. The van der Waals surface area contributed by atoms with Crippen LogP contribution >= 0.6 is 0 Å². The molecule has 1 aromatic rings. The highest BCUT2D eigenvalue weighted by molar-refractivity contribution is 5.84. The number of aldehydes is 1. The number of nitrogens with zero attached hydrogens (tertiary/aromatic N) is 1. The Balaban J connectivity index is 2.58. The summed E-state index contributed by atoms with van der Waals surface area (Å²) in [6, 6.07) is 8.99. The molecule has 1 rings (SSSR count). The molecule has 1 atom stereocenters. The molecule has 0 aliphatic rings. The van der Waals surface area contributed by atoms with E-state index >= 15 is 0 Å². The van der Waals surface area contributed by atoms with Gasteiger partial charge in [0.2, 0.25) is 6.41 Å². The summed E-state index contributed by atoms with van der Waals surface area (Å²) in [6.07, 6.45) is -1.61. The Bertz CT molecular complexity index is 420. The molecule has 0 saturated carbocycles. The summed E-state index contributed by atoms with van der Waals surface area (Å²) in [7, 11) is 0. The fourth-order valence-corrected chi connectivity index (χ4v) is 1.36. The van der Waals surface area contributed by atoms with Crippen molar-refractivity contribution in [2.75, 3.05) is 6.61 Å². The van der Waals surface area contributed by atoms with Crippen molar-refractivity contribution in [3.63, 3.8) is 0 Å². The first kappa shape index (κ1) is 14.8. The van der Waals surface area contributed by atoms with Gasteiger partial charge in [-0.25, -0.2) is 9.69 Å². The number of rotatable bonds is 7. The highest BCUT2D eigenvalue weighted by Gasteiger charge is 2.24. The quantitative estimate of drug-likeness (QED) is 0.549. The monoisotopic (exact) mass is 265 g/mol. The minimum absolute atomic E-state index is 0.0156. The highest BCUT2D eigenvalue weighted by atomic mass is 16.6. The summed E-state index contributed by atoms with van der Waals surface area (Å²) in [5.74, 6) is 0. The van der Waals surface area contributed by atoms with E-state index in [4.69, 9.17) is 9.47 Å². The van der Waals surface area contributed by atoms with E-state index in [0.29, 0.717) is 11.2 Å². The lowest BCUT2D eigenvalue weighted by Gasteiger charge is -2.20. The number of carbonyl (C=O) groups is 3. The van der Waals surface area contributed by atoms with E-state index in [1.807, 2.05) is 6.07 Å². The van der Waals surface area contributed by atoms with Crippen molar-refractivity contribution in [3.8, 4) is 0 Å². The third kappa shape index (κ3) is 4.51. The van der Waals surface area contributed by atoms with Crippen molar-refractivity contribution in [3.05, 3.63) is 35.9 Å². The molecule has 0 aliphatic carbocycles. The summed E-state index contributed by atoms with van der Waals surface area (Å²) >= 11 is 0. The number of ether oxygens (including phenoxy) is 2. The fourth-order valence-electron chi connectivity index (χ4n) is 1.36. The normalized spacial score (nSPS) is 11.4. The van der Waals surface area contributed by atoms with Crippen molar-refractivity contribution in [1.29, 1.82) is 0 Å². The Morgan fingerprint density at radius 1 is 1.32 bits per heavy atom. The second-order valence-corrected chi connectivity index (χ2v) is 3.53. The molecule has 102 valence electrons. The fraction of sp³-hybridized carbons (Fsp3) is 0.308. The number of carbonyl (C=O) groups excluding carboxylic acids is 3. The van der Waals surface area contributed by atoms with Gasteiger partial charge in [0.05, 0.1) is 0 Å². The molecule has 6 nitrogen and oxygen atoms in total. The van der Waals surface area contributed by atoms with E-state index in [9.17, 15) is 14.4 Å². The van der Waals surface area contributed by atoms with E-state index in [0.717, 1.165) is 5.56 Å². The maximum absolute atomic E-state index is 11.7. The number of benzene rings is 1. The molecule has 2 amide bonds. The standard InChI is InChI=1S/C13H15NO5/c1-2-18-12(8-15)14(10-16)13(17)19-9-11-6-4-3-5-7-11/h3-8,10,12H,2,9H2,1H3. The van der Waals surface area contributed by atoms with Crippen LogP contribution < -0.4 is 0 Å². The number of hydrogen-bond donors (Lipinski definition) is 0. The lowest BCUT2D eigenvalue weighted by atomic mass is 10.2. The Morgan fingerprint density at radius 3 is 2.53 bits per heavy atom. The summed E-state index contributed by atoms with van der Waals surface area (Å²) in [5, 5.41) is 0. The van der Waals surface area contributed by atoms with Crippen LogP contribution in [0.4, 0.5) is 4.79 Å². The van der Waals surface area contributed by atoms with Gasteiger partial charge in [0.25, 0.3) is 0 Å². The maximum Gasteiger partial charge on any atom is 0.419 e. The first-order chi connectivity index (χ1) is 9.22. The molecule has 0 bridgehead atoms. The molecule has 0 heterocycles. The van der Waals surface area contributed by atoms with E-state index in [1.165, 1.54) is 0 Å². The van der Waals surface area contributed by atoms with Gasteiger partial charge in [0.15, 0.2) is 12.5 Å². The minimum Gasteiger partial charge on any atom is -0.444 e. The van der Waals surface area contributed by atoms with Crippen LogP contribution in [0.15, 0.2) is 30.3 Å². The Hall–Kier alpha value is -2.21. The van der Waals surface area contributed by atoms with Crippen molar-refractivity contribution >= 4 is 18.8 Å². The summed E-state index contributed by atoms with van der Waals surface area (Å²) < 4.78 is 9.87. The maximum atomic E-state index is 11.7. The zero-order valence-electron chi connectivity index (χ0n) is 10.5. The van der Waals surface area contributed by atoms with Crippen LogP contribution in [0.5, 0.6) is 0 Å². The van der Waals surface area contributed by atoms with Crippen LogP contribution in [-0.2, 0) is 25.7 Å². The molecule has 1 unspecified atom stereocenters. The molecule has 0 N–H and O–H groups in total. The molecule has 1 aromatic carbocycles. The molecule has 0 spiro atoms. The van der Waals surface area contributed by atoms with E-state index in [-0.39, 0.29) is 19.6 Å². The lowest BCUT2D eigenvalue weighted by Crippen LogP contribution is -2.42. The van der Waals surface area contributed by atoms with Gasteiger partial charge in [-0.2, -0.15) is 0 Å². The van der Waals surface area contributed by atoms with E-state index in [2.05, 4.69) is 0 Å². The predicted octanol–water partition coefficient (Wildman–Crippen LogP) is 1.34. The van der Waals surface area contributed by atoms with Gasteiger partial charge in [0, 0.05) is 6.61 Å². The molecule has 0 radical (unpaired) electrons. The topological polar surface area (TPSA) is 72.9 Å². The van der Waals surface area contributed by atoms with Crippen molar-refractivity contribution in [2.45, 2.75) is 19.8 Å². The Kier molecular flexibility index (Phi) is 6.25. The highest BCUT2D eigenvalue weighted by Crippen LogP contribution is 2.05. The first-order valence-corrected chi connectivity index (χ1v) is 5.74. The van der Waals surface area contributed by atoms with Gasteiger partial charge in [-0.1, -0.05) is 30.3 Å². The minimum atomic E-state index is -1.26. The molecule has 0 fully saturated rings.